The number of carbonyl (C=O) groups is 3. The van der Waals surface area contributed by atoms with Crippen LogP contribution in [0.3, 0.4) is 0 Å². The lowest BCUT2D eigenvalue weighted by molar-refractivity contribution is -0.140. The standard InChI is InChI=1S/C19H26ClN3O3/c1-3-5-6-7-17(24)21(4-2)12-18(25)22-13-19(26)23(14-22)16-10-8-15(20)9-11-16/h8-11H,3-7,12-14H2,1-2H3. The monoisotopic (exact) mass is 379 g/mol. The molecule has 0 bridgehead atoms. The SMILES string of the molecule is CCCCCC(=O)N(CC)CC(=O)N1CC(=O)N(c2ccc(Cl)cc2)C1. The van der Waals surface area contributed by atoms with Crippen molar-refractivity contribution in [2.75, 3.05) is 31.2 Å². The second-order valence-corrected chi connectivity index (χ2v) is 6.83. The summed E-state index contributed by atoms with van der Waals surface area (Å²) in [5, 5.41) is 0.591. The van der Waals surface area contributed by atoms with Crippen LogP contribution in [0.2, 0.25) is 5.02 Å². The summed E-state index contributed by atoms with van der Waals surface area (Å²) in [6, 6.07) is 6.93. The molecule has 0 unspecified atom stereocenters. The molecule has 3 amide bonds. The first-order valence-corrected chi connectivity index (χ1v) is 9.45. The van der Waals surface area contributed by atoms with Gasteiger partial charge in [0.25, 0.3) is 0 Å². The lowest BCUT2D eigenvalue weighted by atomic mass is 10.2. The van der Waals surface area contributed by atoms with E-state index < -0.39 is 0 Å². The van der Waals surface area contributed by atoms with Gasteiger partial charge in [0.05, 0.1) is 6.54 Å². The minimum absolute atomic E-state index is 0.00520. The molecule has 0 N–H and O–H groups in total. The van der Waals surface area contributed by atoms with Gasteiger partial charge in [-0.1, -0.05) is 31.4 Å². The average molecular weight is 380 g/mol. The maximum absolute atomic E-state index is 12.6. The van der Waals surface area contributed by atoms with Crippen LogP contribution in [0, 0.1) is 0 Å². The fraction of sp³-hybridized carbons (Fsp3) is 0.526. The van der Waals surface area contributed by atoms with Crippen LogP contribution in [-0.2, 0) is 14.4 Å². The van der Waals surface area contributed by atoms with Crippen LogP contribution < -0.4 is 4.90 Å². The molecular formula is C19H26ClN3O3. The Hall–Kier alpha value is -2.08. The van der Waals surface area contributed by atoms with Gasteiger partial charge in [-0.25, -0.2) is 0 Å². The van der Waals surface area contributed by atoms with E-state index in [0.717, 1.165) is 19.3 Å². The van der Waals surface area contributed by atoms with E-state index in [2.05, 4.69) is 6.92 Å². The Bertz CT molecular complexity index is 648. The van der Waals surface area contributed by atoms with Crippen molar-refractivity contribution in [3.8, 4) is 0 Å². The lowest BCUT2D eigenvalue weighted by Gasteiger charge is -2.24. The third kappa shape index (κ3) is 5.21. The van der Waals surface area contributed by atoms with E-state index in [1.807, 2.05) is 6.92 Å². The number of nitrogens with zero attached hydrogens (tertiary/aromatic N) is 3. The summed E-state index contributed by atoms with van der Waals surface area (Å²) < 4.78 is 0. The van der Waals surface area contributed by atoms with E-state index in [0.29, 0.717) is 23.7 Å². The Morgan fingerprint density at radius 1 is 1.15 bits per heavy atom. The molecule has 0 spiro atoms. The van der Waals surface area contributed by atoms with Crippen molar-refractivity contribution in [3.05, 3.63) is 29.3 Å². The second kappa shape index (κ2) is 9.57. The van der Waals surface area contributed by atoms with Gasteiger partial charge in [-0.05, 0) is 37.6 Å². The van der Waals surface area contributed by atoms with Crippen molar-refractivity contribution in [1.29, 1.82) is 0 Å². The highest BCUT2D eigenvalue weighted by Crippen LogP contribution is 2.21. The van der Waals surface area contributed by atoms with E-state index in [9.17, 15) is 14.4 Å². The number of halogens is 1. The van der Waals surface area contributed by atoms with Crippen LogP contribution in [-0.4, -0.2) is 53.8 Å². The number of amides is 3. The number of anilines is 1. The van der Waals surface area contributed by atoms with Crippen LogP contribution in [0.5, 0.6) is 0 Å². The summed E-state index contributed by atoms with van der Waals surface area (Å²) in [6.45, 7) is 4.68. The van der Waals surface area contributed by atoms with Gasteiger partial charge in [-0.3, -0.25) is 19.3 Å². The molecule has 0 aromatic heterocycles. The smallest absolute Gasteiger partial charge is 0.248 e. The van der Waals surface area contributed by atoms with Crippen molar-refractivity contribution in [3.63, 3.8) is 0 Å². The van der Waals surface area contributed by atoms with Crippen LogP contribution in [0.4, 0.5) is 5.69 Å². The number of likely N-dealkylation sites (N-methyl/N-ethyl adjacent to an activating group) is 1. The molecule has 0 atom stereocenters. The van der Waals surface area contributed by atoms with E-state index in [-0.39, 0.29) is 37.5 Å². The zero-order valence-corrected chi connectivity index (χ0v) is 16.2. The van der Waals surface area contributed by atoms with Gasteiger partial charge >= 0.3 is 0 Å². The molecule has 7 heteroatoms. The van der Waals surface area contributed by atoms with Gasteiger partial charge in [-0.2, -0.15) is 0 Å². The highest BCUT2D eigenvalue weighted by Gasteiger charge is 2.32. The fourth-order valence-electron chi connectivity index (χ4n) is 2.89. The summed E-state index contributed by atoms with van der Waals surface area (Å²) in [5.41, 5.74) is 0.706. The Balaban J connectivity index is 1.93. The predicted octanol–water partition coefficient (Wildman–Crippen LogP) is 2.90. The summed E-state index contributed by atoms with van der Waals surface area (Å²) in [7, 11) is 0. The molecule has 6 nitrogen and oxygen atoms in total. The molecule has 1 aromatic rings. The van der Waals surface area contributed by atoms with Gasteiger partial charge in [0.2, 0.25) is 17.7 Å². The number of benzene rings is 1. The highest BCUT2D eigenvalue weighted by atomic mass is 35.5. The van der Waals surface area contributed by atoms with Crippen LogP contribution in [0.25, 0.3) is 0 Å². The molecular weight excluding hydrogens is 354 g/mol. The minimum atomic E-state index is -0.208. The van der Waals surface area contributed by atoms with E-state index in [1.54, 1.807) is 34.1 Å². The second-order valence-electron chi connectivity index (χ2n) is 6.40. The number of unbranched alkanes of at least 4 members (excludes halogenated alkanes) is 2. The largest absolute Gasteiger partial charge is 0.334 e. The Morgan fingerprint density at radius 2 is 1.85 bits per heavy atom. The normalized spacial score (nSPS) is 14.0. The maximum Gasteiger partial charge on any atom is 0.248 e. The van der Waals surface area contributed by atoms with Crippen molar-refractivity contribution in [2.24, 2.45) is 0 Å². The fourth-order valence-corrected chi connectivity index (χ4v) is 3.01. The van der Waals surface area contributed by atoms with E-state index in [4.69, 9.17) is 11.6 Å². The molecule has 1 aromatic carbocycles. The number of hydrogen-bond donors (Lipinski definition) is 0. The van der Waals surface area contributed by atoms with Gasteiger partial charge in [-0.15, -0.1) is 0 Å². The van der Waals surface area contributed by atoms with Gasteiger partial charge in [0, 0.05) is 23.7 Å². The van der Waals surface area contributed by atoms with Gasteiger partial charge < -0.3 is 9.80 Å². The summed E-state index contributed by atoms with van der Waals surface area (Å²) >= 11 is 5.88. The molecule has 1 fully saturated rings. The number of hydrogen-bond acceptors (Lipinski definition) is 3. The summed E-state index contributed by atoms with van der Waals surface area (Å²) in [4.78, 5) is 41.7. The molecule has 142 valence electrons. The molecule has 0 radical (unpaired) electrons. The van der Waals surface area contributed by atoms with Crippen LogP contribution in [0.1, 0.15) is 39.5 Å². The topological polar surface area (TPSA) is 60.9 Å². The average Bonchev–Trinajstić information content (AvgIpc) is 3.02. The summed E-state index contributed by atoms with van der Waals surface area (Å²) in [6.07, 6.45) is 3.36. The molecule has 1 saturated heterocycles. The number of carbonyl (C=O) groups excluding carboxylic acids is 3. The Kier molecular flexibility index (Phi) is 7.45. The molecule has 1 heterocycles. The highest BCUT2D eigenvalue weighted by molar-refractivity contribution is 6.30. The predicted molar refractivity (Wildman–Crippen MR) is 102 cm³/mol. The first kappa shape index (κ1) is 20.2. The zero-order chi connectivity index (χ0) is 19.1. The third-order valence-corrected chi connectivity index (χ3v) is 4.74. The van der Waals surface area contributed by atoms with Crippen molar-refractivity contribution >= 4 is 35.0 Å². The molecule has 1 aliphatic heterocycles. The third-order valence-electron chi connectivity index (χ3n) is 4.49. The van der Waals surface area contributed by atoms with E-state index in [1.165, 1.54) is 4.90 Å². The van der Waals surface area contributed by atoms with Gasteiger partial charge in [0.1, 0.15) is 13.2 Å². The maximum atomic E-state index is 12.6. The zero-order valence-electron chi connectivity index (χ0n) is 15.4. The molecule has 0 aliphatic carbocycles. The van der Waals surface area contributed by atoms with Crippen molar-refractivity contribution in [1.82, 2.24) is 9.80 Å². The van der Waals surface area contributed by atoms with Crippen LogP contribution in [0.15, 0.2) is 24.3 Å². The van der Waals surface area contributed by atoms with Crippen LogP contribution >= 0.6 is 11.6 Å². The first-order valence-electron chi connectivity index (χ1n) is 9.07. The molecule has 2 rings (SSSR count). The Morgan fingerprint density at radius 3 is 2.46 bits per heavy atom. The quantitative estimate of drug-likeness (QED) is 0.652. The number of rotatable bonds is 8. The lowest BCUT2D eigenvalue weighted by Crippen LogP contribution is -2.42. The van der Waals surface area contributed by atoms with E-state index >= 15 is 0 Å². The summed E-state index contributed by atoms with van der Waals surface area (Å²) in [5.74, 6) is -0.354. The molecule has 1 aliphatic rings. The van der Waals surface area contributed by atoms with Crippen molar-refractivity contribution < 1.29 is 14.4 Å². The minimum Gasteiger partial charge on any atom is -0.334 e. The first-order chi connectivity index (χ1) is 12.5. The molecule has 0 saturated carbocycles. The Labute approximate surface area is 159 Å². The molecule has 26 heavy (non-hydrogen) atoms. The van der Waals surface area contributed by atoms with Gasteiger partial charge in [0.15, 0.2) is 0 Å². The van der Waals surface area contributed by atoms with Crippen molar-refractivity contribution in [2.45, 2.75) is 39.5 Å².